The minimum absolute atomic E-state index is 0.123. The van der Waals surface area contributed by atoms with Gasteiger partial charge in [0.15, 0.2) is 0 Å². The van der Waals surface area contributed by atoms with Gasteiger partial charge < -0.3 is 15.2 Å². The molecule has 0 bridgehead atoms. The Morgan fingerprint density at radius 1 is 1.41 bits per heavy atom. The summed E-state index contributed by atoms with van der Waals surface area (Å²) in [6, 6.07) is 0.513. The van der Waals surface area contributed by atoms with E-state index in [-0.39, 0.29) is 17.7 Å². The van der Waals surface area contributed by atoms with Crippen molar-refractivity contribution in [2.24, 2.45) is 0 Å². The van der Waals surface area contributed by atoms with Crippen molar-refractivity contribution in [1.29, 1.82) is 0 Å². The summed E-state index contributed by atoms with van der Waals surface area (Å²) in [5.74, 6) is 0. The second-order valence-corrected chi connectivity index (χ2v) is 6.14. The van der Waals surface area contributed by atoms with Crippen LogP contribution in [0.1, 0.15) is 58.8 Å². The van der Waals surface area contributed by atoms with Crippen molar-refractivity contribution in [2.45, 2.75) is 76.0 Å². The maximum absolute atomic E-state index is 9.48. The Morgan fingerprint density at radius 3 is 2.71 bits per heavy atom. The van der Waals surface area contributed by atoms with Crippen molar-refractivity contribution in [3.63, 3.8) is 0 Å². The van der Waals surface area contributed by atoms with Gasteiger partial charge in [-0.15, -0.1) is 0 Å². The van der Waals surface area contributed by atoms with Crippen molar-refractivity contribution in [1.82, 2.24) is 5.32 Å². The molecule has 3 heteroatoms. The normalized spacial score (nSPS) is 31.6. The summed E-state index contributed by atoms with van der Waals surface area (Å²) in [5, 5.41) is 13.1. The second kappa shape index (κ2) is 5.25. The summed E-state index contributed by atoms with van der Waals surface area (Å²) < 4.78 is 6.04. The monoisotopic (exact) mass is 241 g/mol. The number of aliphatic hydroxyl groups is 1. The van der Waals surface area contributed by atoms with E-state index in [0.717, 1.165) is 25.9 Å². The predicted molar refractivity (Wildman–Crippen MR) is 69.1 cm³/mol. The summed E-state index contributed by atoms with van der Waals surface area (Å²) in [4.78, 5) is 0. The summed E-state index contributed by atoms with van der Waals surface area (Å²) in [7, 11) is 0. The molecule has 1 heterocycles. The lowest BCUT2D eigenvalue weighted by molar-refractivity contribution is -0.0877. The van der Waals surface area contributed by atoms with Gasteiger partial charge in [0.05, 0.1) is 12.2 Å². The van der Waals surface area contributed by atoms with Gasteiger partial charge in [0.1, 0.15) is 0 Å². The Hall–Kier alpha value is -0.120. The predicted octanol–water partition coefficient (Wildman–Crippen LogP) is 2.23. The lowest BCUT2D eigenvalue weighted by Gasteiger charge is -2.42. The van der Waals surface area contributed by atoms with Gasteiger partial charge >= 0.3 is 0 Å². The van der Waals surface area contributed by atoms with Crippen LogP contribution >= 0.6 is 0 Å². The zero-order valence-corrected chi connectivity index (χ0v) is 11.3. The van der Waals surface area contributed by atoms with Gasteiger partial charge in [-0.2, -0.15) is 0 Å². The smallest absolute Gasteiger partial charge is 0.0697 e. The Morgan fingerprint density at radius 2 is 2.12 bits per heavy atom. The minimum Gasteiger partial charge on any atom is -0.394 e. The zero-order chi connectivity index (χ0) is 12.4. The average molecular weight is 241 g/mol. The van der Waals surface area contributed by atoms with E-state index in [0.29, 0.717) is 6.04 Å². The maximum Gasteiger partial charge on any atom is 0.0697 e. The molecule has 2 aliphatic rings. The number of aliphatic hydroxyl groups excluding tert-OH is 1. The van der Waals surface area contributed by atoms with Gasteiger partial charge in [-0.05, 0) is 39.0 Å². The SMILES string of the molecule is CCC(C)(CO)NC1CCOC2(CCCC2)C1. The molecular formula is C14H27NO2. The molecule has 2 unspecified atom stereocenters. The van der Waals surface area contributed by atoms with Gasteiger partial charge in [0, 0.05) is 18.2 Å². The first-order valence-electron chi connectivity index (χ1n) is 7.14. The molecule has 100 valence electrons. The summed E-state index contributed by atoms with van der Waals surface area (Å²) in [6.07, 6.45) is 8.27. The van der Waals surface area contributed by atoms with E-state index in [2.05, 4.69) is 19.2 Å². The molecule has 1 saturated carbocycles. The summed E-state index contributed by atoms with van der Waals surface area (Å²) in [6.45, 7) is 5.34. The Balaban J connectivity index is 1.93. The molecule has 1 aliphatic heterocycles. The molecule has 3 nitrogen and oxygen atoms in total. The number of rotatable bonds is 4. The molecule has 1 spiro atoms. The summed E-state index contributed by atoms with van der Waals surface area (Å²) in [5.41, 5.74) is 0.0435. The number of ether oxygens (including phenoxy) is 1. The Kier molecular flexibility index (Phi) is 4.11. The van der Waals surface area contributed by atoms with Crippen LogP contribution in [0.3, 0.4) is 0 Å². The fourth-order valence-electron chi connectivity index (χ4n) is 3.27. The van der Waals surface area contributed by atoms with Crippen LogP contribution in [-0.4, -0.2) is 35.5 Å². The lowest BCUT2D eigenvalue weighted by atomic mass is 9.87. The third kappa shape index (κ3) is 3.01. The number of hydrogen-bond acceptors (Lipinski definition) is 3. The average Bonchev–Trinajstić information content (AvgIpc) is 2.77. The molecule has 0 radical (unpaired) electrons. The standard InChI is InChI=1S/C14H27NO2/c1-3-13(2,11-16)15-12-6-9-17-14(10-12)7-4-5-8-14/h12,15-16H,3-11H2,1-2H3. The zero-order valence-electron chi connectivity index (χ0n) is 11.3. The largest absolute Gasteiger partial charge is 0.394 e. The summed E-state index contributed by atoms with van der Waals surface area (Å²) >= 11 is 0. The molecule has 2 fully saturated rings. The van der Waals surface area contributed by atoms with Crippen LogP contribution in [0.4, 0.5) is 0 Å². The van der Waals surface area contributed by atoms with E-state index in [1.165, 1.54) is 25.7 Å². The molecule has 1 saturated heterocycles. The van der Waals surface area contributed by atoms with E-state index in [4.69, 9.17) is 4.74 Å². The topological polar surface area (TPSA) is 41.5 Å². The van der Waals surface area contributed by atoms with Crippen LogP contribution in [0, 0.1) is 0 Å². The first kappa shape index (κ1) is 13.3. The molecule has 0 aromatic rings. The quantitative estimate of drug-likeness (QED) is 0.793. The molecule has 0 amide bonds. The minimum atomic E-state index is -0.123. The highest BCUT2D eigenvalue weighted by atomic mass is 16.5. The molecule has 0 aromatic carbocycles. The van der Waals surface area contributed by atoms with Gasteiger partial charge in [-0.25, -0.2) is 0 Å². The van der Waals surface area contributed by atoms with Gasteiger partial charge in [0.25, 0.3) is 0 Å². The van der Waals surface area contributed by atoms with Crippen molar-refractivity contribution < 1.29 is 9.84 Å². The van der Waals surface area contributed by atoms with Gasteiger partial charge in [-0.3, -0.25) is 0 Å². The fraction of sp³-hybridized carbons (Fsp3) is 1.00. The highest BCUT2D eigenvalue weighted by molar-refractivity contribution is 4.96. The number of hydrogen-bond donors (Lipinski definition) is 2. The number of nitrogens with one attached hydrogen (secondary N) is 1. The molecule has 0 aromatic heterocycles. The Labute approximate surface area is 105 Å². The highest BCUT2D eigenvalue weighted by Crippen LogP contribution is 2.40. The third-order valence-corrected chi connectivity index (χ3v) is 4.69. The van der Waals surface area contributed by atoms with E-state index >= 15 is 0 Å². The third-order valence-electron chi connectivity index (χ3n) is 4.69. The van der Waals surface area contributed by atoms with E-state index in [9.17, 15) is 5.11 Å². The van der Waals surface area contributed by atoms with Gasteiger partial charge in [0.2, 0.25) is 0 Å². The first-order chi connectivity index (χ1) is 8.11. The van der Waals surface area contributed by atoms with E-state index in [1.807, 2.05) is 0 Å². The lowest BCUT2D eigenvalue weighted by Crippen LogP contribution is -2.55. The maximum atomic E-state index is 9.48. The highest BCUT2D eigenvalue weighted by Gasteiger charge is 2.41. The molecule has 17 heavy (non-hydrogen) atoms. The molecule has 2 N–H and O–H groups in total. The first-order valence-corrected chi connectivity index (χ1v) is 7.14. The van der Waals surface area contributed by atoms with Crippen molar-refractivity contribution >= 4 is 0 Å². The van der Waals surface area contributed by atoms with Crippen LogP contribution in [0.5, 0.6) is 0 Å². The van der Waals surface area contributed by atoms with Crippen LogP contribution in [-0.2, 0) is 4.74 Å². The van der Waals surface area contributed by atoms with Crippen LogP contribution in [0.15, 0.2) is 0 Å². The van der Waals surface area contributed by atoms with Crippen molar-refractivity contribution in [3.05, 3.63) is 0 Å². The van der Waals surface area contributed by atoms with E-state index in [1.54, 1.807) is 0 Å². The van der Waals surface area contributed by atoms with Crippen molar-refractivity contribution in [2.75, 3.05) is 13.2 Å². The second-order valence-electron chi connectivity index (χ2n) is 6.14. The van der Waals surface area contributed by atoms with Crippen LogP contribution < -0.4 is 5.32 Å². The van der Waals surface area contributed by atoms with E-state index < -0.39 is 0 Å². The Bertz CT molecular complexity index is 243. The molecule has 2 atom stereocenters. The van der Waals surface area contributed by atoms with Crippen molar-refractivity contribution in [3.8, 4) is 0 Å². The van der Waals surface area contributed by atoms with Crippen LogP contribution in [0.2, 0.25) is 0 Å². The fourth-order valence-corrected chi connectivity index (χ4v) is 3.27. The molecule has 1 aliphatic carbocycles. The molecular weight excluding hydrogens is 214 g/mol. The molecule has 2 rings (SSSR count). The van der Waals surface area contributed by atoms with Crippen LogP contribution in [0.25, 0.3) is 0 Å². The van der Waals surface area contributed by atoms with Gasteiger partial charge in [-0.1, -0.05) is 19.8 Å².